The van der Waals surface area contributed by atoms with Crippen molar-refractivity contribution >= 4 is 34.6 Å². The Morgan fingerprint density at radius 2 is 1.85 bits per heavy atom. The number of nitrogens with zero attached hydrogens (tertiary/aromatic N) is 2. The van der Waals surface area contributed by atoms with Gasteiger partial charge in [0.25, 0.3) is 0 Å². The molecule has 0 heterocycles. The van der Waals surface area contributed by atoms with Crippen molar-refractivity contribution < 1.29 is 9.18 Å². The SMILES string of the molecule is CCN(CC)C(=O)CN(C)c1c(N)cc(N)c(Cl)c1F. The first-order valence-corrected chi connectivity index (χ1v) is 6.73. The number of carbonyl (C=O) groups is 1. The molecule has 0 aromatic heterocycles. The molecule has 0 saturated heterocycles. The third-order valence-corrected chi connectivity index (χ3v) is 3.49. The van der Waals surface area contributed by atoms with Gasteiger partial charge in [0.1, 0.15) is 5.02 Å². The number of nitrogen functional groups attached to an aromatic ring is 2. The lowest BCUT2D eigenvalue weighted by Crippen LogP contribution is -2.39. The molecule has 1 aromatic rings. The van der Waals surface area contributed by atoms with Gasteiger partial charge < -0.3 is 21.3 Å². The second-order valence-corrected chi connectivity index (χ2v) is 4.83. The molecule has 7 heteroatoms. The van der Waals surface area contributed by atoms with Gasteiger partial charge >= 0.3 is 0 Å². The number of likely N-dealkylation sites (N-methyl/N-ethyl adjacent to an activating group) is 2. The molecule has 0 atom stereocenters. The van der Waals surface area contributed by atoms with Crippen molar-refractivity contribution in [2.45, 2.75) is 13.8 Å². The summed E-state index contributed by atoms with van der Waals surface area (Å²) in [5.74, 6) is -0.816. The third kappa shape index (κ3) is 3.25. The molecule has 20 heavy (non-hydrogen) atoms. The highest BCUT2D eigenvalue weighted by atomic mass is 35.5. The van der Waals surface area contributed by atoms with E-state index in [1.807, 2.05) is 13.8 Å². The number of benzene rings is 1. The summed E-state index contributed by atoms with van der Waals surface area (Å²) in [4.78, 5) is 15.1. The summed E-state index contributed by atoms with van der Waals surface area (Å²) in [6, 6.07) is 1.39. The monoisotopic (exact) mass is 302 g/mol. The number of amides is 1. The normalized spacial score (nSPS) is 10.4. The number of hydrogen-bond donors (Lipinski definition) is 2. The highest BCUT2D eigenvalue weighted by molar-refractivity contribution is 6.33. The molecule has 0 saturated carbocycles. The zero-order chi connectivity index (χ0) is 15.4. The molecule has 0 radical (unpaired) electrons. The van der Waals surface area contributed by atoms with Crippen LogP contribution in [0.5, 0.6) is 0 Å². The lowest BCUT2D eigenvalue weighted by atomic mass is 10.2. The average Bonchev–Trinajstić information content (AvgIpc) is 2.37. The van der Waals surface area contributed by atoms with Crippen LogP contribution >= 0.6 is 11.6 Å². The first kappa shape index (κ1) is 16.4. The molecule has 0 bridgehead atoms. The van der Waals surface area contributed by atoms with Gasteiger partial charge in [-0.2, -0.15) is 0 Å². The predicted molar refractivity (Wildman–Crippen MR) is 81.4 cm³/mol. The van der Waals surface area contributed by atoms with Crippen molar-refractivity contribution in [3.05, 3.63) is 16.9 Å². The van der Waals surface area contributed by atoms with Crippen LogP contribution in [0.3, 0.4) is 0 Å². The van der Waals surface area contributed by atoms with Crippen molar-refractivity contribution in [3.8, 4) is 0 Å². The molecule has 0 aliphatic heterocycles. The van der Waals surface area contributed by atoms with Crippen LogP contribution < -0.4 is 16.4 Å². The fourth-order valence-electron chi connectivity index (χ4n) is 2.00. The molecule has 1 amide bonds. The van der Waals surface area contributed by atoms with Gasteiger partial charge in [-0.25, -0.2) is 4.39 Å². The Morgan fingerprint density at radius 3 is 2.35 bits per heavy atom. The fraction of sp³-hybridized carbons (Fsp3) is 0.462. The molecule has 1 aromatic carbocycles. The Bertz CT molecular complexity index is 506. The molecule has 5 nitrogen and oxygen atoms in total. The summed E-state index contributed by atoms with van der Waals surface area (Å²) in [6.07, 6.45) is 0. The molecule has 1 rings (SSSR count). The van der Waals surface area contributed by atoms with Crippen molar-refractivity contribution in [3.63, 3.8) is 0 Å². The van der Waals surface area contributed by atoms with Crippen LogP contribution in [-0.4, -0.2) is 37.5 Å². The van der Waals surface area contributed by atoms with Crippen LogP contribution in [0.25, 0.3) is 0 Å². The number of nitrogens with two attached hydrogens (primary N) is 2. The van der Waals surface area contributed by atoms with E-state index in [4.69, 9.17) is 23.1 Å². The highest BCUT2D eigenvalue weighted by Gasteiger charge is 2.20. The second-order valence-electron chi connectivity index (χ2n) is 4.45. The minimum atomic E-state index is -0.709. The molecule has 112 valence electrons. The maximum atomic E-state index is 14.1. The van der Waals surface area contributed by atoms with Crippen LogP contribution in [0.1, 0.15) is 13.8 Å². The molecule has 4 N–H and O–H groups in total. The first-order valence-electron chi connectivity index (χ1n) is 6.35. The van der Waals surface area contributed by atoms with Gasteiger partial charge in [-0.3, -0.25) is 4.79 Å². The Kier molecular flexibility index (Phi) is 5.44. The minimum Gasteiger partial charge on any atom is -0.397 e. The molecule has 0 unspecified atom stereocenters. The molecule has 0 spiro atoms. The minimum absolute atomic E-state index is 0.0169. The molecule has 0 aliphatic carbocycles. The molecular weight excluding hydrogens is 283 g/mol. The lowest BCUT2D eigenvalue weighted by molar-refractivity contribution is -0.129. The molecule has 0 aliphatic rings. The van der Waals surface area contributed by atoms with E-state index in [0.29, 0.717) is 13.1 Å². The molecular formula is C13H20ClFN4O. The fourth-order valence-corrected chi connectivity index (χ4v) is 2.15. The number of rotatable bonds is 5. The van der Waals surface area contributed by atoms with Crippen molar-refractivity contribution in [1.82, 2.24) is 4.90 Å². The van der Waals surface area contributed by atoms with Gasteiger partial charge in [0.15, 0.2) is 5.82 Å². The van der Waals surface area contributed by atoms with E-state index < -0.39 is 5.82 Å². The average molecular weight is 303 g/mol. The quantitative estimate of drug-likeness (QED) is 0.815. The summed E-state index contributed by atoms with van der Waals surface area (Å²) < 4.78 is 14.1. The lowest BCUT2D eigenvalue weighted by Gasteiger charge is -2.26. The first-order chi connectivity index (χ1) is 9.33. The number of hydrogen-bond acceptors (Lipinski definition) is 4. The summed E-state index contributed by atoms with van der Waals surface area (Å²) in [6.45, 7) is 4.99. The summed E-state index contributed by atoms with van der Waals surface area (Å²) in [5.41, 5.74) is 11.6. The van der Waals surface area contributed by atoms with E-state index in [0.717, 1.165) is 0 Å². The van der Waals surface area contributed by atoms with E-state index in [1.165, 1.54) is 11.0 Å². The Hall–Kier alpha value is -1.69. The predicted octanol–water partition coefficient (Wildman–Crippen LogP) is 1.95. The van der Waals surface area contributed by atoms with Crippen LogP contribution in [0.15, 0.2) is 6.07 Å². The molecule has 0 fully saturated rings. The smallest absolute Gasteiger partial charge is 0.242 e. The summed E-state index contributed by atoms with van der Waals surface area (Å²) >= 11 is 5.77. The number of halogens is 2. The Balaban J connectivity index is 3.02. The third-order valence-electron chi connectivity index (χ3n) is 3.11. The van der Waals surface area contributed by atoms with Crippen molar-refractivity contribution in [1.29, 1.82) is 0 Å². The van der Waals surface area contributed by atoms with E-state index in [-0.39, 0.29) is 34.5 Å². The Morgan fingerprint density at radius 1 is 1.30 bits per heavy atom. The largest absolute Gasteiger partial charge is 0.397 e. The van der Waals surface area contributed by atoms with E-state index in [1.54, 1.807) is 11.9 Å². The summed E-state index contributed by atoms with van der Waals surface area (Å²) in [7, 11) is 1.59. The zero-order valence-corrected chi connectivity index (χ0v) is 12.7. The maximum absolute atomic E-state index is 14.1. The standard InChI is InChI=1S/C13H20ClFN4O/c1-4-19(5-2)10(20)7-18(3)13-9(17)6-8(16)11(14)12(13)15/h6H,4-5,7,16-17H2,1-3H3. The van der Waals surface area contributed by atoms with Crippen molar-refractivity contribution in [2.75, 3.05) is 43.0 Å². The van der Waals surface area contributed by atoms with E-state index in [9.17, 15) is 9.18 Å². The van der Waals surface area contributed by atoms with E-state index in [2.05, 4.69) is 0 Å². The Labute approximate surface area is 123 Å². The maximum Gasteiger partial charge on any atom is 0.242 e. The van der Waals surface area contributed by atoms with Gasteiger partial charge in [-0.15, -0.1) is 0 Å². The zero-order valence-electron chi connectivity index (χ0n) is 11.9. The van der Waals surface area contributed by atoms with Gasteiger partial charge in [-0.05, 0) is 19.9 Å². The van der Waals surface area contributed by atoms with Gasteiger partial charge in [0, 0.05) is 20.1 Å². The van der Waals surface area contributed by atoms with Crippen LogP contribution in [0, 0.1) is 5.82 Å². The number of carbonyl (C=O) groups excluding carboxylic acids is 1. The number of anilines is 3. The van der Waals surface area contributed by atoms with Gasteiger partial charge in [-0.1, -0.05) is 11.6 Å². The van der Waals surface area contributed by atoms with Gasteiger partial charge in [0.05, 0.1) is 23.6 Å². The van der Waals surface area contributed by atoms with Crippen LogP contribution in [0.2, 0.25) is 5.02 Å². The summed E-state index contributed by atoms with van der Waals surface area (Å²) in [5, 5.41) is -0.184. The van der Waals surface area contributed by atoms with Gasteiger partial charge in [0.2, 0.25) is 5.91 Å². The second kappa shape index (κ2) is 6.65. The van der Waals surface area contributed by atoms with Crippen molar-refractivity contribution in [2.24, 2.45) is 0 Å². The highest BCUT2D eigenvalue weighted by Crippen LogP contribution is 2.35. The van der Waals surface area contributed by atoms with Crippen LogP contribution in [-0.2, 0) is 4.79 Å². The van der Waals surface area contributed by atoms with E-state index >= 15 is 0 Å². The topological polar surface area (TPSA) is 75.6 Å². The van der Waals surface area contributed by atoms with Crippen LogP contribution in [0.4, 0.5) is 21.5 Å².